The molecule has 3 nitrogen and oxygen atoms in total. The van der Waals surface area contributed by atoms with Crippen LogP contribution in [0.1, 0.15) is 30.4 Å². The second kappa shape index (κ2) is 5.58. The van der Waals surface area contributed by atoms with E-state index < -0.39 is 11.7 Å². The van der Waals surface area contributed by atoms with Crippen LogP contribution in [0.4, 0.5) is 13.2 Å². The van der Waals surface area contributed by atoms with Crippen molar-refractivity contribution >= 4 is 11.4 Å². The van der Waals surface area contributed by atoms with E-state index in [4.69, 9.17) is 9.47 Å². The van der Waals surface area contributed by atoms with Crippen LogP contribution in [0.2, 0.25) is 0 Å². The van der Waals surface area contributed by atoms with Crippen LogP contribution in [0, 0.1) is 11.8 Å². The normalized spacial score (nSPS) is 24.1. The SMILES string of the molecule is COC1=C(c2c(OC)cccc2C(F)(F)F)C(=O)C2CCC1C2. The van der Waals surface area contributed by atoms with E-state index in [-0.39, 0.29) is 34.5 Å². The summed E-state index contributed by atoms with van der Waals surface area (Å²) in [6, 6.07) is 3.69. The summed E-state index contributed by atoms with van der Waals surface area (Å²) in [4.78, 5) is 12.7. The summed E-state index contributed by atoms with van der Waals surface area (Å²) in [6.07, 6.45) is -2.47. The van der Waals surface area contributed by atoms with Gasteiger partial charge in [-0.1, -0.05) is 6.07 Å². The van der Waals surface area contributed by atoms with Crippen LogP contribution in [0.15, 0.2) is 24.0 Å². The largest absolute Gasteiger partial charge is 0.500 e. The zero-order valence-electron chi connectivity index (χ0n) is 12.9. The number of halogens is 3. The average molecular weight is 326 g/mol. The number of ether oxygens (including phenoxy) is 2. The van der Waals surface area contributed by atoms with Crippen LogP contribution < -0.4 is 4.74 Å². The third-order valence-electron chi connectivity index (χ3n) is 4.69. The van der Waals surface area contributed by atoms with Crippen LogP contribution in [0.5, 0.6) is 5.75 Å². The van der Waals surface area contributed by atoms with Gasteiger partial charge in [0.1, 0.15) is 11.5 Å². The molecule has 1 aromatic carbocycles. The number of Topliss-reactive ketones (excluding diaryl/α,β-unsaturated/α-hetero) is 1. The van der Waals surface area contributed by atoms with Crippen LogP contribution in [-0.4, -0.2) is 20.0 Å². The Bertz CT molecular complexity index is 676. The topological polar surface area (TPSA) is 35.5 Å². The minimum Gasteiger partial charge on any atom is -0.500 e. The molecule has 2 aliphatic rings. The van der Waals surface area contributed by atoms with E-state index in [1.165, 1.54) is 26.4 Å². The van der Waals surface area contributed by atoms with Gasteiger partial charge >= 0.3 is 6.18 Å². The molecule has 124 valence electrons. The van der Waals surface area contributed by atoms with Gasteiger partial charge < -0.3 is 9.47 Å². The van der Waals surface area contributed by atoms with Gasteiger partial charge in [-0.2, -0.15) is 13.2 Å². The van der Waals surface area contributed by atoms with Crippen LogP contribution >= 0.6 is 0 Å². The van der Waals surface area contributed by atoms with E-state index in [1.807, 2.05) is 0 Å². The highest BCUT2D eigenvalue weighted by molar-refractivity contribution is 6.24. The zero-order chi connectivity index (χ0) is 16.8. The van der Waals surface area contributed by atoms with Crippen molar-refractivity contribution in [3.8, 4) is 5.75 Å². The molecule has 0 spiro atoms. The molecule has 1 fully saturated rings. The summed E-state index contributed by atoms with van der Waals surface area (Å²) >= 11 is 0. The number of ketones is 1. The highest BCUT2D eigenvalue weighted by Crippen LogP contribution is 2.50. The number of hydrogen-bond acceptors (Lipinski definition) is 3. The third kappa shape index (κ3) is 2.50. The molecule has 0 radical (unpaired) electrons. The summed E-state index contributed by atoms with van der Waals surface area (Å²) in [6.45, 7) is 0. The van der Waals surface area contributed by atoms with Crippen molar-refractivity contribution in [1.29, 1.82) is 0 Å². The molecule has 2 unspecified atom stereocenters. The van der Waals surface area contributed by atoms with E-state index in [1.54, 1.807) is 0 Å². The van der Waals surface area contributed by atoms with Gasteiger partial charge in [0.2, 0.25) is 0 Å². The first-order valence-electron chi connectivity index (χ1n) is 7.45. The fourth-order valence-electron chi connectivity index (χ4n) is 3.70. The predicted octanol–water partition coefficient (Wildman–Crippen LogP) is 4.07. The molecule has 23 heavy (non-hydrogen) atoms. The fourth-order valence-corrected chi connectivity index (χ4v) is 3.70. The third-order valence-corrected chi connectivity index (χ3v) is 4.69. The first kappa shape index (κ1) is 15.9. The molecule has 3 rings (SSSR count). The standard InChI is InChI=1S/C17H17F3O3/c1-22-12-5-3-4-11(17(18,19)20)13(12)14-15(21)9-6-7-10(8-9)16(14)23-2/h3-5,9-10H,6-8H2,1-2H3. The molecule has 6 heteroatoms. The first-order chi connectivity index (χ1) is 10.9. The molecule has 0 N–H and O–H groups in total. The summed E-state index contributed by atoms with van der Waals surface area (Å²) in [5, 5.41) is 0. The van der Waals surface area contributed by atoms with Crippen molar-refractivity contribution in [3.05, 3.63) is 35.1 Å². The number of hydrogen-bond donors (Lipinski definition) is 0. The molecule has 0 saturated heterocycles. The van der Waals surface area contributed by atoms with Gasteiger partial charge in [0.25, 0.3) is 0 Å². The molecular formula is C17H17F3O3. The Balaban J connectivity index is 2.30. The maximum atomic E-state index is 13.5. The number of allylic oxidation sites excluding steroid dienone is 2. The van der Waals surface area contributed by atoms with Crippen LogP contribution in [0.25, 0.3) is 5.57 Å². The van der Waals surface area contributed by atoms with Crippen molar-refractivity contribution in [3.63, 3.8) is 0 Å². The Labute approximate surface area is 132 Å². The Morgan fingerprint density at radius 2 is 1.78 bits per heavy atom. The maximum absolute atomic E-state index is 13.5. The number of fused-ring (bicyclic) bond motifs is 2. The monoisotopic (exact) mass is 326 g/mol. The Morgan fingerprint density at radius 3 is 2.39 bits per heavy atom. The first-order valence-corrected chi connectivity index (χ1v) is 7.45. The second-order valence-electron chi connectivity index (χ2n) is 5.90. The minimum atomic E-state index is -4.58. The number of alkyl halides is 3. The molecule has 0 aromatic heterocycles. The summed E-state index contributed by atoms with van der Waals surface area (Å²) in [5.41, 5.74) is -1.02. The van der Waals surface area contributed by atoms with E-state index in [0.29, 0.717) is 18.6 Å². The lowest BCUT2D eigenvalue weighted by Crippen LogP contribution is -2.24. The van der Waals surface area contributed by atoms with Gasteiger partial charge in [0.05, 0.1) is 25.4 Å². The molecule has 1 aromatic rings. The number of methoxy groups -OCH3 is 2. The van der Waals surface area contributed by atoms with Crippen molar-refractivity contribution in [2.45, 2.75) is 25.4 Å². The maximum Gasteiger partial charge on any atom is 0.417 e. The highest BCUT2D eigenvalue weighted by atomic mass is 19.4. The summed E-state index contributed by atoms with van der Waals surface area (Å²) in [5.74, 6) is -0.0908. The van der Waals surface area contributed by atoms with Crippen molar-refractivity contribution in [1.82, 2.24) is 0 Å². The van der Waals surface area contributed by atoms with E-state index in [0.717, 1.165) is 12.5 Å². The summed E-state index contributed by atoms with van der Waals surface area (Å²) in [7, 11) is 2.71. The molecular weight excluding hydrogens is 309 g/mol. The van der Waals surface area contributed by atoms with Gasteiger partial charge in [-0.15, -0.1) is 0 Å². The number of rotatable bonds is 3. The lowest BCUT2D eigenvalue weighted by Gasteiger charge is -2.27. The molecule has 2 atom stereocenters. The second-order valence-corrected chi connectivity index (χ2v) is 5.90. The molecule has 0 heterocycles. The molecule has 1 saturated carbocycles. The van der Waals surface area contributed by atoms with Gasteiger partial charge in [-0.05, 0) is 31.4 Å². The van der Waals surface area contributed by atoms with Gasteiger partial charge in [0, 0.05) is 17.4 Å². The van der Waals surface area contributed by atoms with Crippen molar-refractivity contribution < 1.29 is 27.4 Å². The number of carbonyl (C=O) groups is 1. The minimum absolute atomic E-state index is 0.00342. The van der Waals surface area contributed by atoms with Crippen molar-refractivity contribution in [2.24, 2.45) is 11.8 Å². The molecule has 0 amide bonds. The molecule has 0 aliphatic heterocycles. The average Bonchev–Trinajstić information content (AvgIpc) is 2.95. The van der Waals surface area contributed by atoms with Gasteiger partial charge in [-0.3, -0.25) is 4.79 Å². The van der Waals surface area contributed by atoms with E-state index >= 15 is 0 Å². The molecule has 2 bridgehead atoms. The highest BCUT2D eigenvalue weighted by Gasteiger charge is 2.45. The van der Waals surface area contributed by atoms with E-state index in [9.17, 15) is 18.0 Å². The van der Waals surface area contributed by atoms with Crippen LogP contribution in [0.3, 0.4) is 0 Å². The Hall–Kier alpha value is -1.98. The van der Waals surface area contributed by atoms with E-state index in [2.05, 4.69) is 0 Å². The Kier molecular flexibility index (Phi) is 3.86. The van der Waals surface area contributed by atoms with Crippen molar-refractivity contribution in [2.75, 3.05) is 14.2 Å². The number of carbonyl (C=O) groups excluding carboxylic acids is 1. The smallest absolute Gasteiger partial charge is 0.417 e. The Morgan fingerprint density at radius 1 is 1.09 bits per heavy atom. The molecule has 2 aliphatic carbocycles. The summed E-state index contributed by atoms with van der Waals surface area (Å²) < 4.78 is 50.9. The van der Waals surface area contributed by atoms with Crippen LogP contribution in [-0.2, 0) is 15.7 Å². The predicted molar refractivity (Wildman–Crippen MR) is 77.8 cm³/mol. The van der Waals surface area contributed by atoms with Gasteiger partial charge in [-0.25, -0.2) is 0 Å². The lowest BCUT2D eigenvalue weighted by atomic mass is 9.81. The fraction of sp³-hybridized carbons (Fsp3) is 0.471. The number of benzene rings is 1. The van der Waals surface area contributed by atoms with Gasteiger partial charge in [0.15, 0.2) is 5.78 Å². The quantitative estimate of drug-likeness (QED) is 0.840. The zero-order valence-corrected chi connectivity index (χ0v) is 12.9. The lowest BCUT2D eigenvalue weighted by molar-refractivity contribution is -0.137.